The summed E-state index contributed by atoms with van der Waals surface area (Å²) in [7, 11) is 0.538. The Balaban J connectivity index is 1.82. The van der Waals surface area contributed by atoms with Crippen molar-refractivity contribution in [2.75, 3.05) is 30.9 Å². The maximum Gasteiger partial charge on any atom is 0.264 e. The topological polar surface area (TPSA) is 84.9 Å². The molecule has 0 heterocycles. The van der Waals surface area contributed by atoms with Gasteiger partial charge < -0.3 is 14.8 Å². The van der Waals surface area contributed by atoms with Gasteiger partial charge in [-0.15, -0.1) is 0 Å². The van der Waals surface area contributed by atoms with Crippen LogP contribution in [0.5, 0.6) is 11.5 Å². The lowest BCUT2D eigenvalue weighted by Crippen LogP contribution is -2.26. The van der Waals surface area contributed by atoms with Crippen molar-refractivity contribution in [3.05, 3.63) is 77.4 Å². The molecule has 0 aliphatic heterocycles. The molecular weight excluding hydrogens is 428 g/mol. The molecule has 0 saturated carbocycles. The van der Waals surface area contributed by atoms with Crippen molar-refractivity contribution in [1.29, 1.82) is 0 Å². The van der Waals surface area contributed by atoms with Gasteiger partial charge in [-0.2, -0.15) is 0 Å². The molecule has 0 radical (unpaired) electrons. The number of anilines is 2. The summed E-state index contributed by atoms with van der Waals surface area (Å²) in [6, 6.07) is 16.6. The van der Waals surface area contributed by atoms with Crippen LogP contribution in [0.3, 0.4) is 0 Å². The van der Waals surface area contributed by atoms with E-state index in [1.807, 2.05) is 32.0 Å². The van der Waals surface area contributed by atoms with E-state index in [2.05, 4.69) is 5.32 Å². The summed E-state index contributed by atoms with van der Waals surface area (Å²) in [5, 5.41) is 2.90. The lowest BCUT2D eigenvalue weighted by molar-refractivity contribution is 0.102. The van der Waals surface area contributed by atoms with Crippen LogP contribution in [-0.2, 0) is 10.0 Å². The highest BCUT2D eigenvalue weighted by molar-refractivity contribution is 7.92. The zero-order valence-corrected chi connectivity index (χ0v) is 19.5. The van der Waals surface area contributed by atoms with E-state index in [0.717, 1.165) is 21.1 Å². The molecule has 0 saturated heterocycles. The average molecular weight is 455 g/mol. The third kappa shape index (κ3) is 4.70. The number of aryl methyl sites for hydroxylation is 2. The monoisotopic (exact) mass is 454 g/mol. The summed E-state index contributed by atoms with van der Waals surface area (Å²) in [5.41, 5.74) is 3.59. The Labute approximate surface area is 188 Å². The zero-order valence-electron chi connectivity index (χ0n) is 18.7. The van der Waals surface area contributed by atoms with Gasteiger partial charge in [0.25, 0.3) is 15.9 Å². The molecule has 3 rings (SSSR count). The third-order valence-corrected chi connectivity index (χ3v) is 6.93. The molecule has 0 atom stereocenters. The first-order valence-corrected chi connectivity index (χ1v) is 11.3. The highest BCUT2D eigenvalue weighted by atomic mass is 32.2. The van der Waals surface area contributed by atoms with E-state index in [1.165, 1.54) is 33.4 Å². The number of methoxy groups -OCH3 is 2. The quantitative estimate of drug-likeness (QED) is 0.572. The molecule has 3 aromatic rings. The summed E-state index contributed by atoms with van der Waals surface area (Å²) in [6.45, 7) is 3.88. The van der Waals surface area contributed by atoms with E-state index in [9.17, 15) is 13.2 Å². The van der Waals surface area contributed by atoms with Gasteiger partial charge in [0.2, 0.25) is 0 Å². The Hall–Kier alpha value is -3.52. The highest BCUT2D eigenvalue weighted by Gasteiger charge is 2.23. The first-order chi connectivity index (χ1) is 15.2. The summed E-state index contributed by atoms with van der Waals surface area (Å²) in [4.78, 5) is 12.7. The first-order valence-electron chi connectivity index (χ1n) is 9.87. The predicted octanol–water partition coefficient (Wildman–Crippen LogP) is 4.40. The van der Waals surface area contributed by atoms with Crippen LogP contribution in [-0.4, -0.2) is 35.6 Å². The maximum absolute atomic E-state index is 13.1. The fourth-order valence-corrected chi connectivity index (χ4v) is 4.37. The van der Waals surface area contributed by atoms with Crippen LogP contribution in [0.1, 0.15) is 21.5 Å². The fraction of sp³-hybridized carbons (Fsp3) is 0.208. The molecule has 0 aliphatic rings. The van der Waals surface area contributed by atoms with E-state index in [0.29, 0.717) is 22.7 Å². The van der Waals surface area contributed by atoms with Gasteiger partial charge >= 0.3 is 0 Å². The van der Waals surface area contributed by atoms with Gasteiger partial charge in [0, 0.05) is 24.4 Å². The number of nitrogens with one attached hydrogen (secondary N) is 1. The molecule has 0 aromatic heterocycles. The van der Waals surface area contributed by atoms with Crippen molar-refractivity contribution in [3.63, 3.8) is 0 Å². The highest BCUT2D eigenvalue weighted by Crippen LogP contribution is 2.31. The summed E-state index contributed by atoms with van der Waals surface area (Å²) < 4.78 is 37.7. The van der Waals surface area contributed by atoms with E-state index in [1.54, 1.807) is 30.3 Å². The van der Waals surface area contributed by atoms with E-state index in [4.69, 9.17) is 9.47 Å². The van der Waals surface area contributed by atoms with Gasteiger partial charge in [0.1, 0.15) is 0 Å². The van der Waals surface area contributed by atoms with Gasteiger partial charge in [-0.3, -0.25) is 9.10 Å². The first kappa shape index (κ1) is 23.1. The molecule has 0 aliphatic carbocycles. The second kappa shape index (κ2) is 9.32. The number of nitrogens with zero attached hydrogens (tertiary/aromatic N) is 1. The Morgan fingerprint density at radius 1 is 0.875 bits per heavy atom. The average Bonchev–Trinajstić information content (AvgIpc) is 2.80. The number of ether oxygens (including phenoxy) is 2. The Bertz CT molecular complexity index is 1240. The van der Waals surface area contributed by atoms with Crippen molar-refractivity contribution in [1.82, 2.24) is 0 Å². The SMILES string of the molecule is COc1ccc(S(=O)(=O)N(C)c2ccc(C(=O)Nc3cc(C)ccc3C)cc2)cc1OC. The Morgan fingerprint density at radius 2 is 1.53 bits per heavy atom. The molecule has 0 spiro atoms. The molecule has 1 amide bonds. The second-order valence-corrected chi connectivity index (χ2v) is 9.28. The minimum absolute atomic E-state index is 0.0643. The van der Waals surface area contributed by atoms with Crippen LogP contribution >= 0.6 is 0 Å². The molecule has 32 heavy (non-hydrogen) atoms. The van der Waals surface area contributed by atoms with Gasteiger partial charge in [0.05, 0.1) is 24.8 Å². The molecule has 0 fully saturated rings. The van der Waals surface area contributed by atoms with Crippen LogP contribution in [0.2, 0.25) is 0 Å². The lowest BCUT2D eigenvalue weighted by atomic mass is 10.1. The van der Waals surface area contributed by atoms with Crippen LogP contribution in [0.4, 0.5) is 11.4 Å². The summed E-state index contributed by atoms with van der Waals surface area (Å²) in [5.74, 6) is 0.490. The normalized spacial score (nSPS) is 11.0. The number of sulfonamides is 1. The molecule has 1 N–H and O–H groups in total. The van der Waals surface area contributed by atoms with Crippen molar-refractivity contribution in [3.8, 4) is 11.5 Å². The summed E-state index contributed by atoms with van der Waals surface area (Å²) in [6.07, 6.45) is 0. The summed E-state index contributed by atoms with van der Waals surface area (Å²) >= 11 is 0. The smallest absolute Gasteiger partial charge is 0.264 e. The van der Waals surface area contributed by atoms with Crippen LogP contribution < -0.4 is 19.1 Å². The van der Waals surface area contributed by atoms with Crippen molar-refractivity contribution < 1.29 is 22.7 Å². The number of carbonyl (C=O) groups is 1. The zero-order chi connectivity index (χ0) is 23.5. The standard InChI is InChI=1S/C24H26N2O5S/c1-16-6-7-17(2)21(14-16)25-24(27)18-8-10-19(11-9-18)26(3)32(28,29)20-12-13-22(30-4)23(15-20)31-5/h6-15H,1-5H3,(H,25,27). The molecule has 0 unspecified atom stereocenters. The van der Waals surface area contributed by atoms with E-state index in [-0.39, 0.29) is 10.8 Å². The molecule has 8 heteroatoms. The number of hydrogen-bond donors (Lipinski definition) is 1. The third-order valence-electron chi connectivity index (χ3n) is 5.15. The Kier molecular flexibility index (Phi) is 6.74. The van der Waals surface area contributed by atoms with E-state index >= 15 is 0 Å². The fourth-order valence-electron chi connectivity index (χ4n) is 3.16. The molecule has 3 aromatic carbocycles. The van der Waals surface area contributed by atoms with Crippen LogP contribution in [0.15, 0.2) is 65.6 Å². The molecule has 7 nitrogen and oxygen atoms in total. The molecule has 0 bridgehead atoms. The number of carbonyl (C=O) groups excluding carboxylic acids is 1. The predicted molar refractivity (Wildman–Crippen MR) is 125 cm³/mol. The van der Waals surface area contributed by atoms with Gasteiger partial charge in [0.15, 0.2) is 11.5 Å². The minimum Gasteiger partial charge on any atom is -0.493 e. The second-order valence-electron chi connectivity index (χ2n) is 7.31. The molecular formula is C24H26N2O5S. The maximum atomic E-state index is 13.1. The Morgan fingerprint density at radius 3 is 2.16 bits per heavy atom. The van der Waals surface area contributed by atoms with Gasteiger partial charge in [-0.25, -0.2) is 8.42 Å². The van der Waals surface area contributed by atoms with Crippen LogP contribution in [0.25, 0.3) is 0 Å². The number of rotatable bonds is 7. The molecule has 168 valence electrons. The van der Waals surface area contributed by atoms with Gasteiger partial charge in [-0.05, 0) is 67.4 Å². The van der Waals surface area contributed by atoms with Crippen molar-refractivity contribution in [2.24, 2.45) is 0 Å². The lowest BCUT2D eigenvalue weighted by Gasteiger charge is -2.20. The minimum atomic E-state index is -3.84. The van der Waals surface area contributed by atoms with Gasteiger partial charge in [-0.1, -0.05) is 12.1 Å². The van der Waals surface area contributed by atoms with Crippen LogP contribution in [0, 0.1) is 13.8 Å². The van der Waals surface area contributed by atoms with Crippen molar-refractivity contribution >= 4 is 27.3 Å². The number of hydrogen-bond acceptors (Lipinski definition) is 5. The number of amides is 1. The largest absolute Gasteiger partial charge is 0.493 e. The number of benzene rings is 3. The van der Waals surface area contributed by atoms with Crippen molar-refractivity contribution in [2.45, 2.75) is 18.7 Å². The van der Waals surface area contributed by atoms with E-state index < -0.39 is 10.0 Å².